The van der Waals surface area contributed by atoms with E-state index in [9.17, 15) is 9.59 Å². The van der Waals surface area contributed by atoms with Crippen molar-refractivity contribution in [3.63, 3.8) is 0 Å². The molecule has 3 heterocycles. The Balaban J connectivity index is 1.39. The van der Waals surface area contributed by atoms with Crippen molar-refractivity contribution < 1.29 is 14.3 Å². The standard InChI is InChI=1S/C20H20N6O3/c27-19(22-16-4-7-21-8-5-16)15-2-1-3-17(10-15)23-20(28)18-12-26(25-24-18)11-14-6-9-29-13-14/h1-5,7-8,10,12,14H,6,9,11,13H2,(H,23,28)(H,21,22,27). The number of nitrogens with one attached hydrogen (secondary N) is 2. The van der Waals surface area contributed by atoms with Crippen LogP contribution in [0.25, 0.3) is 0 Å². The Bertz CT molecular complexity index is 998. The van der Waals surface area contributed by atoms with Gasteiger partial charge in [0.05, 0.1) is 12.8 Å². The lowest BCUT2D eigenvalue weighted by atomic mass is 10.1. The van der Waals surface area contributed by atoms with E-state index in [1.165, 1.54) is 0 Å². The molecule has 4 rings (SSSR count). The Morgan fingerprint density at radius 2 is 1.93 bits per heavy atom. The summed E-state index contributed by atoms with van der Waals surface area (Å²) in [5.74, 6) is -0.272. The van der Waals surface area contributed by atoms with Gasteiger partial charge in [0.2, 0.25) is 0 Å². The summed E-state index contributed by atoms with van der Waals surface area (Å²) in [6.45, 7) is 2.14. The van der Waals surface area contributed by atoms with Crippen LogP contribution in [0.3, 0.4) is 0 Å². The van der Waals surface area contributed by atoms with E-state index in [0.29, 0.717) is 36.0 Å². The minimum Gasteiger partial charge on any atom is -0.381 e. The number of amides is 2. The summed E-state index contributed by atoms with van der Waals surface area (Å²) in [7, 11) is 0. The van der Waals surface area contributed by atoms with Crippen LogP contribution in [0.15, 0.2) is 55.0 Å². The van der Waals surface area contributed by atoms with E-state index in [-0.39, 0.29) is 17.5 Å². The Morgan fingerprint density at radius 3 is 2.72 bits per heavy atom. The van der Waals surface area contributed by atoms with Gasteiger partial charge in [0.15, 0.2) is 5.69 Å². The molecular weight excluding hydrogens is 372 g/mol. The molecule has 1 saturated heterocycles. The van der Waals surface area contributed by atoms with Gasteiger partial charge in [0.25, 0.3) is 11.8 Å². The number of carbonyl (C=O) groups excluding carboxylic acids is 2. The molecule has 148 valence electrons. The number of hydrogen-bond donors (Lipinski definition) is 2. The van der Waals surface area contributed by atoms with Gasteiger partial charge >= 0.3 is 0 Å². The lowest BCUT2D eigenvalue weighted by molar-refractivity contribution is 0.101. The zero-order chi connectivity index (χ0) is 20.1. The Labute approximate surface area is 167 Å². The molecule has 0 bridgehead atoms. The molecule has 1 unspecified atom stereocenters. The van der Waals surface area contributed by atoms with Gasteiger partial charge < -0.3 is 15.4 Å². The summed E-state index contributed by atoms with van der Waals surface area (Å²) in [5.41, 5.74) is 1.78. The van der Waals surface area contributed by atoms with Crippen molar-refractivity contribution in [1.29, 1.82) is 0 Å². The molecule has 29 heavy (non-hydrogen) atoms. The first-order valence-corrected chi connectivity index (χ1v) is 9.28. The van der Waals surface area contributed by atoms with E-state index < -0.39 is 0 Å². The van der Waals surface area contributed by atoms with Gasteiger partial charge in [-0.1, -0.05) is 11.3 Å². The number of nitrogens with zero attached hydrogens (tertiary/aromatic N) is 4. The molecule has 1 fully saturated rings. The van der Waals surface area contributed by atoms with Gasteiger partial charge in [0, 0.05) is 48.4 Å². The van der Waals surface area contributed by atoms with E-state index >= 15 is 0 Å². The van der Waals surface area contributed by atoms with Crippen molar-refractivity contribution in [3.05, 3.63) is 66.2 Å². The first-order chi connectivity index (χ1) is 14.2. The van der Waals surface area contributed by atoms with Crippen LogP contribution in [0.4, 0.5) is 11.4 Å². The topological polar surface area (TPSA) is 111 Å². The molecule has 0 spiro atoms. The molecule has 0 radical (unpaired) electrons. The van der Waals surface area contributed by atoms with Crippen molar-refractivity contribution >= 4 is 23.2 Å². The van der Waals surface area contributed by atoms with Crippen molar-refractivity contribution in [1.82, 2.24) is 20.0 Å². The van der Waals surface area contributed by atoms with E-state index in [4.69, 9.17) is 4.74 Å². The lowest BCUT2D eigenvalue weighted by Gasteiger charge is -2.07. The zero-order valence-corrected chi connectivity index (χ0v) is 15.6. The maximum Gasteiger partial charge on any atom is 0.277 e. The number of ether oxygens (including phenoxy) is 1. The molecule has 1 aliphatic heterocycles. The van der Waals surface area contributed by atoms with Gasteiger partial charge in [-0.15, -0.1) is 5.10 Å². The SMILES string of the molecule is O=C(Nc1ccncc1)c1cccc(NC(=O)c2cn(CC3CCOC3)nn2)c1. The van der Waals surface area contributed by atoms with Crippen molar-refractivity contribution in [2.75, 3.05) is 23.8 Å². The van der Waals surface area contributed by atoms with Crippen LogP contribution in [0, 0.1) is 5.92 Å². The fraction of sp³-hybridized carbons (Fsp3) is 0.250. The summed E-state index contributed by atoms with van der Waals surface area (Å²) < 4.78 is 7.01. The largest absolute Gasteiger partial charge is 0.381 e. The lowest BCUT2D eigenvalue weighted by Crippen LogP contribution is -2.15. The van der Waals surface area contributed by atoms with Crippen LogP contribution in [-0.2, 0) is 11.3 Å². The second-order valence-corrected chi connectivity index (χ2v) is 6.78. The number of hydrogen-bond acceptors (Lipinski definition) is 6. The van der Waals surface area contributed by atoms with Crippen LogP contribution in [-0.4, -0.2) is 45.0 Å². The number of pyridine rings is 1. The molecule has 9 nitrogen and oxygen atoms in total. The second kappa shape index (κ2) is 8.61. The van der Waals surface area contributed by atoms with Gasteiger partial charge in [-0.25, -0.2) is 0 Å². The predicted octanol–water partition coefficient (Wildman–Crippen LogP) is 2.21. The molecule has 1 atom stereocenters. The quantitative estimate of drug-likeness (QED) is 0.665. The third-order valence-corrected chi connectivity index (χ3v) is 4.56. The normalized spacial score (nSPS) is 15.8. The van der Waals surface area contributed by atoms with E-state index in [0.717, 1.165) is 13.0 Å². The van der Waals surface area contributed by atoms with Crippen LogP contribution >= 0.6 is 0 Å². The summed E-state index contributed by atoms with van der Waals surface area (Å²) >= 11 is 0. The zero-order valence-electron chi connectivity index (χ0n) is 15.6. The molecule has 9 heteroatoms. The first-order valence-electron chi connectivity index (χ1n) is 9.28. The van der Waals surface area contributed by atoms with Gasteiger partial charge in [-0.2, -0.15) is 0 Å². The fourth-order valence-electron chi connectivity index (χ4n) is 3.06. The second-order valence-electron chi connectivity index (χ2n) is 6.78. The Kier molecular flexibility index (Phi) is 5.57. The summed E-state index contributed by atoms with van der Waals surface area (Å²) in [5, 5.41) is 13.5. The molecule has 2 aromatic heterocycles. The van der Waals surface area contributed by atoms with Crippen LogP contribution in [0.2, 0.25) is 0 Å². The van der Waals surface area contributed by atoms with E-state index in [1.54, 1.807) is 59.7 Å². The van der Waals surface area contributed by atoms with E-state index in [1.807, 2.05) is 0 Å². The van der Waals surface area contributed by atoms with Gasteiger partial charge in [-0.05, 0) is 36.8 Å². The Morgan fingerprint density at radius 1 is 1.10 bits per heavy atom. The molecule has 2 N–H and O–H groups in total. The van der Waals surface area contributed by atoms with Crippen molar-refractivity contribution in [3.8, 4) is 0 Å². The van der Waals surface area contributed by atoms with Crippen molar-refractivity contribution in [2.45, 2.75) is 13.0 Å². The summed E-state index contributed by atoms with van der Waals surface area (Å²) in [4.78, 5) is 28.8. The molecule has 2 amide bonds. The van der Waals surface area contributed by atoms with E-state index in [2.05, 4.69) is 25.9 Å². The van der Waals surface area contributed by atoms with Crippen LogP contribution in [0.5, 0.6) is 0 Å². The fourth-order valence-corrected chi connectivity index (χ4v) is 3.06. The Hall–Kier alpha value is -3.59. The molecule has 0 saturated carbocycles. The minimum absolute atomic E-state index is 0.218. The highest BCUT2D eigenvalue weighted by Crippen LogP contribution is 2.16. The summed E-state index contributed by atoms with van der Waals surface area (Å²) in [6, 6.07) is 10.1. The molecule has 0 aliphatic carbocycles. The van der Waals surface area contributed by atoms with Gasteiger partial charge in [0.1, 0.15) is 0 Å². The average molecular weight is 392 g/mol. The monoisotopic (exact) mass is 392 g/mol. The highest BCUT2D eigenvalue weighted by Gasteiger charge is 2.18. The third-order valence-electron chi connectivity index (χ3n) is 4.56. The third kappa shape index (κ3) is 4.82. The molecule has 1 aliphatic rings. The van der Waals surface area contributed by atoms with Gasteiger partial charge in [-0.3, -0.25) is 19.3 Å². The number of benzene rings is 1. The number of aromatic nitrogens is 4. The van der Waals surface area contributed by atoms with Crippen molar-refractivity contribution in [2.24, 2.45) is 5.92 Å². The number of anilines is 2. The highest BCUT2D eigenvalue weighted by molar-refractivity contribution is 6.06. The maximum absolute atomic E-state index is 12.5. The average Bonchev–Trinajstić information content (AvgIpc) is 3.42. The number of carbonyl (C=O) groups is 2. The smallest absolute Gasteiger partial charge is 0.277 e. The molecular formula is C20H20N6O3. The molecule has 1 aromatic carbocycles. The van der Waals surface area contributed by atoms with Crippen LogP contribution in [0.1, 0.15) is 27.3 Å². The highest BCUT2D eigenvalue weighted by atomic mass is 16.5. The minimum atomic E-state index is -0.384. The maximum atomic E-state index is 12.5. The molecule has 3 aromatic rings. The first kappa shape index (κ1) is 18.8. The van der Waals surface area contributed by atoms with Crippen LogP contribution < -0.4 is 10.6 Å². The number of rotatable bonds is 6. The predicted molar refractivity (Wildman–Crippen MR) is 106 cm³/mol. The summed E-state index contributed by atoms with van der Waals surface area (Å²) in [6.07, 6.45) is 5.79.